The number of anilines is 4. The number of rotatable bonds is 6. The Hall–Kier alpha value is -10.4. The van der Waals surface area contributed by atoms with Crippen LogP contribution in [0, 0.1) is 0 Å². The van der Waals surface area contributed by atoms with Crippen molar-refractivity contribution in [3.05, 3.63) is 260 Å². The van der Waals surface area contributed by atoms with E-state index in [9.17, 15) is 0 Å². The van der Waals surface area contributed by atoms with Crippen LogP contribution in [0.5, 0.6) is 11.5 Å². The molecule has 11 aromatic carbocycles. The van der Waals surface area contributed by atoms with E-state index in [-0.39, 0.29) is 5.41 Å². The van der Waals surface area contributed by atoms with Gasteiger partial charge in [-0.2, -0.15) is 0 Å². The van der Waals surface area contributed by atoms with Crippen LogP contribution in [0.2, 0.25) is 0 Å². The van der Waals surface area contributed by atoms with Crippen LogP contribution in [-0.4, -0.2) is 20.8 Å². The van der Waals surface area contributed by atoms with E-state index in [1.165, 1.54) is 105 Å². The van der Waals surface area contributed by atoms with Crippen molar-refractivity contribution in [3.63, 3.8) is 0 Å². The van der Waals surface area contributed by atoms with E-state index in [1.807, 2.05) is 6.20 Å². The monoisotopic (exact) mass is 1050 g/mol. The van der Waals surface area contributed by atoms with Crippen LogP contribution in [0.1, 0.15) is 26.3 Å². The van der Waals surface area contributed by atoms with E-state index >= 15 is 0 Å². The Morgan fingerprint density at radius 2 is 0.976 bits per heavy atom. The van der Waals surface area contributed by atoms with Crippen molar-refractivity contribution >= 4 is 66.4 Å². The Morgan fingerprint density at radius 3 is 1.74 bits per heavy atom. The van der Waals surface area contributed by atoms with Gasteiger partial charge in [-0.15, -0.1) is 0 Å². The maximum Gasteiger partial charge on any atom is 0.137 e. The van der Waals surface area contributed by atoms with Gasteiger partial charge in [-0.3, -0.25) is 4.57 Å². The van der Waals surface area contributed by atoms with Gasteiger partial charge in [0, 0.05) is 73.3 Å². The lowest BCUT2D eigenvalue weighted by atomic mass is 9.88. The van der Waals surface area contributed by atoms with Gasteiger partial charge in [-0.05, 0) is 105 Å². The van der Waals surface area contributed by atoms with Crippen molar-refractivity contribution in [3.8, 4) is 89.8 Å². The second-order valence-corrected chi connectivity index (χ2v) is 23.1. The molecule has 3 aliphatic rings. The molecule has 0 saturated heterocycles. The van der Waals surface area contributed by atoms with Crippen LogP contribution in [0.25, 0.3) is 122 Å². The SMILES string of the molecule is CC(C)(C)c1ccnc(-n2c3cc(Oc4ccc5c(c4)N4CN(c6c(-c7ccccc7)cccc6-c6ccccc6)c6cccc(c64)-c4ccccc4-5)ccc3c3c4c(ccc32)-n2c3ccccc3c3cccc(c32)-c2ccccc2-4)c1. The van der Waals surface area contributed by atoms with Crippen LogP contribution in [0.3, 0.4) is 0 Å². The van der Waals surface area contributed by atoms with Gasteiger partial charge in [-0.1, -0.05) is 197 Å². The van der Waals surface area contributed by atoms with E-state index in [2.05, 4.69) is 288 Å². The molecule has 0 fully saturated rings. The smallest absolute Gasteiger partial charge is 0.137 e. The van der Waals surface area contributed by atoms with Gasteiger partial charge in [0.2, 0.25) is 0 Å². The minimum atomic E-state index is -0.0949. The maximum atomic E-state index is 7.24. The molecule has 6 heterocycles. The lowest BCUT2D eigenvalue weighted by Gasteiger charge is -2.28. The minimum Gasteiger partial charge on any atom is -0.457 e. The van der Waals surface area contributed by atoms with Crippen LogP contribution in [0.4, 0.5) is 22.7 Å². The van der Waals surface area contributed by atoms with Crippen molar-refractivity contribution in [2.24, 2.45) is 0 Å². The van der Waals surface area contributed by atoms with Gasteiger partial charge in [0.1, 0.15) is 24.0 Å². The van der Waals surface area contributed by atoms with Gasteiger partial charge in [0.15, 0.2) is 0 Å². The number of fused-ring (bicyclic) bond motifs is 17. The molecule has 0 radical (unpaired) electrons. The number of hydrogen-bond donors (Lipinski definition) is 0. The van der Waals surface area contributed by atoms with Gasteiger partial charge in [0.25, 0.3) is 0 Å². The molecule has 0 N–H and O–H groups in total. The molecule has 3 aromatic heterocycles. The van der Waals surface area contributed by atoms with Crippen LogP contribution >= 0.6 is 0 Å². The summed E-state index contributed by atoms with van der Waals surface area (Å²) in [6, 6.07) is 91.0. The Bertz CT molecular complexity index is 4930. The minimum absolute atomic E-state index is 0.0949. The third-order valence-corrected chi connectivity index (χ3v) is 17.5. The quantitative estimate of drug-likeness (QED) is 0.166. The number of nitrogens with zero attached hydrogens (tertiary/aromatic N) is 5. The Kier molecular flexibility index (Phi) is 9.94. The molecule has 0 atom stereocenters. The van der Waals surface area contributed by atoms with Crippen molar-refractivity contribution in [2.75, 3.05) is 16.5 Å². The van der Waals surface area contributed by atoms with Crippen molar-refractivity contribution in [1.29, 1.82) is 0 Å². The number of ether oxygens (including phenoxy) is 1. The van der Waals surface area contributed by atoms with E-state index in [4.69, 9.17) is 9.72 Å². The predicted molar refractivity (Wildman–Crippen MR) is 340 cm³/mol. The summed E-state index contributed by atoms with van der Waals surface area (Å²) in [5.41, 5.74) is 25.7. The molecule has 0 unspecified atom stereocenters. The highest BCUT2D eigenvalue weighted by atomic mass is 16.5. The fraction of sp³-hybridized carbons (Fsp3) is 0.0658. The van der Waals surface area contributed by atoms with Gasteiger partial charge in [0.05, 0.1) is 50.5 Å². The highest BCUT2D eigenvalue weighted by Crippen LogP contribution is 2.58. The Labute approximate surface area is 475 Å². The molecule has 0 spiro atoms. The van der Waals surface area contributed by atoms with Gasteiger partial charge >= 0.3 is 0 Å². The zero-order valence-electron chi connectivity index (χ0n) is 45.6. The summed E-state index contributed by atoms with van der Waals surface area (Å²) in [5.74, 6) is 2.36. The zero-order chi connectivity index (χ0) is 54.4. The third-order valence-electron chi connectivity index (χ3n) is 17.5. The highest BCUT2D eigenvalue weighted by Gasteiger charge is 2.37. The van der Waals surface area contributed by atoms with E-state index in [0.29, 0.717) is 6.67 Å². The lowest BCUT2D eigenvalue weighted by molar-refractivity contribution is 0.483. The number of benzene rings is 11. The number of para-hydroxylation sites is 4. The second-order valence-electron chi connectivity index (χ2n) is 23.1. The maximum absolute atomic E-state index is 7.24. The molecule has 17 rings (SSSR count). The number of hydrogen-bond acceptors (Lipinski definition) is 4. The molecule has 0 bridgehead atoms. The topological polar surface area (TPSA) is 38.5 Å². The first-order chi connectivity index (χ1) is 40.3. The van der Waals surface area contributed by atoms with Crippen molar-refractivity contribution < 1.29 is 4.74 Å². The lowest BCUT2D eigenvalue weighted by Crippen LogP contribution is -2.25. The summed E-state index contributed by atoms with van der Waals surface area (Å²) in [6.07, 6.45) is 1.96. The van der Waals surface area contributed by atoms with Gasteiger partial charge < -0.3 is 19.1 Å². The second kappa shape index (κ2) is 17.5. The molecular weight excluding hydrogens is 999 g/mol. The Balaban J connectivity index is 0.857. The summed E-state index contributed by atoms with van der Waals surface area (Å²) in [7, 11) is 0. The average Bonchev–Trinajstić information content (AvgIpc) is 3.63. The molecule has 0 amide bonds. The number of pyridine rings is 1. The summed E-state index contributed by atoms with van der Waals surface area (Å²) in [5, 5.41) is 4.80. The third kappa shape index (κ3) is 6.78. The first-order valence-corrected chi connectivity index (χ1v) is 28.4. The molecule has 3 aliphatic heterocycles. The molecule has 14 aromatic rings. The summed E-state index contributed by atoms with van der Waals surface area (Å²) >= 11 is 0. The molecular formula is C76H53N5O. The van der Waals surface area contributed by atoms with Crippen LogP contribution < -0.4 is 14.5 Å². The van der Waals surface area contributed by atoms with Crippen molar-refractivity contribution in [2.45, 2.75) is 26.2 Å². The normalized spacial score (nSPS) is 13.0. The van der Waals surface area contributed by atoms with Crippen LogP contribution in [0.15, 0.2) is 255 Å². The Morgan fingerprint density at radius 1 is 0.378 bits per heavy atom. The largest absolute Gasteiger partial charge is 0.457 e. The van der Waals surface area contributed by atoms with E-state index in [0.717, 1.165) is 56.4 Å². The predicted octanol–water partition coefficient (Wildman–Crippen LogP) is 20.2. The van der Waals surface area contributed by atoms with Crippen LogP contribution in [-0.2, 0) is 5.41 Å². The first-order valence-electron chi connectivity index (χ1n) is 28.4. The molecule has 6 nitrogen and oxygen atoms in total. The van der Waals surface area contributed by atoms with E-state index in [1.54, 1.807) is 0 Å². The molecule has 0 saturated carbocycles. The standard InChI is InChI=1S/C76H53N5O/c1-76(2,3)49-41-42-77-70(43-49)80-65-39-40-66-71(59-27-13-12-25-56(59)60-30-17-31-62-57-26-14-15-33-64(57)81(66)74(60)62)72(65)63-38-36-51(45-69(63)80)82-50-35-37-58-54-23-10-11-24-55(54)61-32-18-34-67-75(61)79(68(58)44-50)46-78(67)73-52(47-19-6-4-7-20-47)28-16-29-53(73)48-21-8-5-9-22-48/h4-45H,46H2,1-3H3. The molecule has 82 heavy (non-hydrogen) atoms. The fourth-order valence-electron chi connectivity index (χ4n) is 13.9. The number of aromatic nitrogens is 3. The summed E-state index contributed by atoms with van der Waals surface area (Å²) in [4.78, 5) is 10.2. The molecule has 388 valence electrons. The molecule has 6 heteroatoms. The first kappa shape index (κ1) is 46.5. The fourth-order valence-corrected chi connectivity index (χ4v) is 13.9. The van der Waals surface area contributed by atoms with Crippen molar-refractivity contribution in [1.82, 2.24) is 14.1 Å². The summed E-state index contributed by atoms with van der Waals surface area (Å²) in [6.45, 7) is 7.40. The average molecular weight is 1050 g/mol. The van der Waals surface area contributed by atoms with Gasteiger partial charge in [-0.25, -0.2) is 4.98 Å². The highest BCUT2D eigenvalue weighted by molar-refractivity contribution is 6.23. The molecule has 0 aliphatic carbocycles. The zero-order valence-corrected chi connectivity index (χ0v) is 45.6. The van der Waals surface area contributed by atoms with E-state index < -0.39 is 0 Å². The summed E-state index contributed by atoms with van der Waals surface area (Å²) < 4.78 is 12.1.